The number of carboxylic acid groups (broad SMARTS) is 1. The Morgan fingerprint density at radius 3 is 2.62 bits per heavy atom. The van der Waals surface area contributed by atoms with Gasteiger partial charge in [-0.25, -0.2) is 4.79 Å². The first-order chi connectivity index (χ1) is 13.9. The van der Waals surface area contributed by atoms with Crippen LogP contribution in [0.1, 0.15) is 21.5 Å². The van der Waals surface area contributed by atoms with E-state index < -0.39 is 24.4 Å². The van der Waals surface area contributed by atoms with E-state index in [1.807, 2.05) is 6.07 Å². The Morgan fingerprint density at radius 2 is 1.90 bits per heavy atom. The Balaban J connectivity index is 1.80. The van der Waals surface area contributed by atoms with Crippen molar-refractivity contribution in [2.45, 2.75) is 6.92 Å². The van der Waals surface area contributed by atoms with Gasteiger partial charge >= 0.3 is 5.97 Å². The second kappa shape index (κ2) is 8.89. The van der Waals surface area contributed by atoms with Crippen LogP contribution in [0.4, 0.5) is 0 Å². The average molecular weight is 428 g/mol. The van der Waals surface area contributed by atoms with Crippen LogP contribution in [0.5, 0.6) is 5.75 Å². The van der Waals surface area contributed by atoms with Crippen LogP contribution >= 0.6 is 24.0 Å². The maximum absolute atomic E-state index is 12.7. The zero-order valence-corrected chi connectivity index (χ0v) is 16.9. The molecule has 9 heteroatoms. The van der Waals surface area contributed by atoms with Crippen molar-refractivity contribution in [1.82, 2.24) is 10.4 Å². The number of thioether (sulfide) groups is 1. The highest BCUT2D eigenvalue weighted by molar-refractivity contribution is 8.26. The van der Waals surface area contributed by atoms with Crippen molar-refractivity contribution in [3.05, 3.63) is 70.1 Å². The second-order valence-corrected chi connectivity index (χ2v) is 7.67. The fourth-order valence-corrected chi connectivity index (χ4v) is 3.74. The van der Waals surface area contributed by atoms with Gasteiger partial charge in [0.25, 0.3) is 11.8 Å². The molecule has 0 radical (unpaired) electrons. The highest BCUT2D eigenvalue weighted by Crippen LogP contribution is 2.33. The summed E-state index contributed by atoms with van der Waals surface area (Å²) in [6.07, 6.45) is 1.55. The number of carboxylic acids is 1. The standard InChI is InChI=1S/C20H16N2O5S2/c1-12-6-2-4-8-14(12)18(25)21-22-19(26)16(29-20(22)28)10-13-7-3-5-9-15(13)27-11-17(23)24/h2-10H,11H2,1H3,(H,21,25)(H,23,24)/b16-10+. The molecule has 1 fully saturated rings. The molecule has 2 N–H and O–H groups in total. The predicted octanol–water partition coefficient (Wildman–Crippen LogP) is 3.00. The van der Waals surface area contributed by atoms with Crippen molar-refractivity contribution < 1.29 is 24.2 Å². The number of amides is 2. The Labute approximate surface area is 176 Å². The maximum atomic E-state index is 12.7. The van der Waals surface area contributed by atoms with Crippen molar-refractivity contribution in [1.29, 1.82) is 0 Å². The highest BCUT2D eigenvalue weighted by atomic mass is 32.2. The molecule has 7 nitrogen and oxygen atoms in total. The number of carbonyl (C=O) groups excluding carboxylic acids is 2. The van der Waals surface area contributed by atoms with E-state index in [1.54, 1.807) is 55.5 Å². The third kappa shape index (κ3) is 4.82. The van der Waals surface area contributed by atoms with E-state index >= 15 is 0 Å². The number of hydrogen-bond acceptors (Lipinski definition) is 6. The van der Waals surface area contributed by atoms with E-state index in [-0.39, 0.29) is 9.23 Å². The first-order valence-corrected chi connectivity index (χ1v) is 9.67. The Hall–Kier alpha value is -3.17. The minimum atomic E-state index is -1.11. The number of para-hydroxylation sites is 1. The lowest BCUT2D eigenvalue weighted by Gasteiger charge is -2.16. The Bertz CT molecular complexity index is 1040. The van der Waals surface area contributed by atoms with Gasteiger partial charge in [0, 0.05) is 11.1 Å². The van der Waals surface area contributed by atoms with Crippen molar-refractivity contribution in [3.8, 4) is 5.75 Å². The van der Waals surface area contributed by atoms with Crippen molar-refractivity contribution in [2.24, 2.45) is 0 Å². The van der Waals surface area contributed by atoms with Gasteiger partial charge in [0.05, 0.1) is 4.91 Å². The second-order valence-electron chi connectivity index (χ2n) is 5.99. The molecule has 0 unspecified atom stereocenters. The van der Waals surface area contributed by atoms with Crippen LogP contribution in [0.2, 0.25) is 0 Å². The summed E-state index contributed by atoms with van der Waals surface area (Å²) in [7, 11) is 0. The largest absolute Gasteiger partial charge is 0.481 e. The van der Waals surface area contributed by atoms with Crippen LogP contribution < -0.4 is 10.2 Å². The summed E-state index contributed by atoms with van der Waals surface area (Å²) in [5, 5.41) is 9.83. The summed E-state index contributed by atoms with van der Waals surface area (Å²) in [4.78, 5) is 36.3. The minimum Gasteiger partial charge on any atom is -0.481 e. The van der Waals surface area contributed by atoms with Crippen LogP contribution in [-0.4, -0.2) is 38.8 Å². The van der Waals surface area contributed by atoms with Gasteiger partial charge in [-0.05, 0) is 42.9 Å². The molecule has 0 saturated carbocycles. The number of hydrazine groups is 1. The van der Waals surface area contributed by atoms with E-state index in [1.165, 1.54) is 0 Å². The Kier molecular flexibility index (Phi) is 6.30. The van der Waals surface area contributed by atoms with E-state index in [9.17, 15) is 14.4 Å². The smallest absolute Gasteiger partial charge is 0.341 e. The van der Waals surface area contributed by atoms with Gasteiger partial charge in [-0.2, -0.15) is 5.01 Å². The number of aliphatic carboxylic acids is 1. The number of nitrogens with zero attached hydrogens (tertiary/aromatic N) is 1. The van der Waals surface area contributed by atoms with Gasteiger partial charge in [0.15, 0.2) is 10.9 Å². The highest BCUT2D eigenvalue weighted by Gasteiger charge is 2.34. The third-order valence-electron chi connectivity index (χ3n) is 3.95. The van der Waals surface area contributed by atoms with Gasteiger partial charge in [0.2, 0.25) is 0 Å². The summed E-state index contributed by atoms with van der Waals surface area (Å²) in [5.74, 6) is -1.70. The molecule has 0 bridgehead atoms. The zero-order chi connectivity index (χ0) is 21.0. The molecule has 1 heterocycles. The molecule has 2 aromatic carbocycles. The summed E-state index contributed by atoms with van der Waals surface area (Å²) in [5.41, 5.74) is 4.28. The lowest BCUT2D eigenvalue weighted by Crippen LogP contribution is -2.45. The molecule has 0 aromatic heterocycles. The van der Waals surface area contributed by atoms with Crippen molar-refractivity contribution in [3.63, 3.8) is 0 Å². The average Bonchev–Trinajstić information content (AvgIpc) is 2.95. The fraction of sp³-hybridized carbons (Fsp3) is 0.100. The first-order valence-electron chi connectivity index (χ1n) is 8.45. The lowest BCUT2D eigenvalue weighted by atomic mass is 10.1. The lowest BCUT2D eigenvalue weighted by molar-refractivity contribution is -0.139. The molecule has 0 atom stereocenters. The summed E-state index contributed by atoms with van der Waals surface area (Å²) in [6.45, 7) is 1.30. The number of hydrogen-bond donors (Lipinski definition) is 2. The van der Waals surface area contributed by atoms with Crippen LogP contribution in [0, 0.1) is 6.92 Å². The van der Waals surface area contributed by atoms with Gasteiger partial charge in [0.1, 0.15) is 5.75 Å². The van der Waals surface area contributed by atoms with Crippen molar-refractivity contribution >= 4 is 52.2 Å². The number of carbonyl (C=O) groups is 3. The van der Waals surface area contributed by atoms with Crippen LogP contribution in [0.3, 0.4) is 0 Å². The zero-order valence-electron chi connectivity index (χ0n) is 15.2. The van der Waals surface area contributed by atoms with Crippen LogP contribution in [-0.2, 0) is 9.59 Å². The number of benzene rings is 2. The number of thiocarbonyl (C=S) groups is 1. The number of nitrogens with one attached hydrogen (secondary N) is 1. The number of ether oxygens (including phenoxy) is 1. The predicted molar refractivity (Wildman–Crippen MR) is 113 cm³/mol. The topological polar surface area (TPSA) is 95.9 Å². The van der Waals surface area contributed by atoms with Gasteiger partial charge in [-0.1, -0.05) is 48.2 Å². The summed E-state index contributed by atoms with van der Waals surface area (Å²) < 4.78 is 5.44. The van der Waals surface area contributed by atoms with Gasteiger partial charge < -0.3 is 9.84 Å². The minimum absolute atomic E-state index is 0.187. The van der Waals surface area contributed by atoms with E-state index in [2.05, 4.69) is 5.43 Å². The molecule has 1 aliphatic heterocycles. The fourth-order valence-electron chi connectivity index (χ4n) is 2.57. The van der Waals surface area contributed by atoms with Crippen LogP contribution in [0.25, 0.3) is 6.08 Å². The first kappa shape index (κ1) is 20.6. The SMILES string of the molecule is Cc1ccccc1C(=O)NN1C(=O)/C(=C\c2ccccc2OCC(=O)O)SC1=S. The molecular weight excluding hydrogens is 412 g/mol. The summed E-state index contributed by atoms with van der Waals surface area (Å²) in [6, 6.07) is 13.7. The summed E-state index contributed by atoms with van der Waals surface area (Å²) >= 11 is 6.27. The molecule has 29 heavy (non-hydrogen) atoms. The molecular formula is C20H16N2O5S2. The monoisotopic (exact) mass is 428 g/mol. The van der Waals surface area contributed by atoms with Crippen LogP contribution in [0.15, 0.2) is 53.4 Å². The molecule has 0 spiro atoms. The normalized spacial score (nSPS) is 14.9. The molecule has 1 aliphatic rings. The molecule has 2 aromatic rings. The molecule has 0 aliphatic carbocycles. The van der Waals surface area contributed by atoms with Gasteiger partial charge in [-0.15, -0.1) is 0 Å². The molecule has 1 saturated heterocycles. The van der Waals surface area contributed by atoms with E-state index in [4.69, 9.17) is 22.1 Å². The van der Waals surface area contributed by atoms with E-state index in [0.29, 0.717) is 16.9 Å². The van der Waals surface area contributed by atoms with E-state index in [0.717, 1.165) is 22.3 Å². The molecule has 148 valence electrons. The Morgan fingerprint density at radius 1 is 1.21 bits per heavy atom. The number of rotatable bonds is 6. The number of aryl methyl sites for hydroxylation is 1. The quantitative estimate of drug-likeness (QED) is 0.539. The van der Waals surface area contributed by atoms with Crippen molar-refractivity contribution in [2.75, 3.05) is 6.61 Å². The molecule has 2 amide bonds. The maximum Gasteiger partial charge on any atom is 0.341 e. The molecule has 3 rings (SSSR count). The third-order valence-corrected chi connectivity index (χ3v) is 5.26. The van der Waals surface area contributed by atoms with Gasteiger partial charge in [-0.3, -0.25) is 15.0 Å².